The zero-order valence-electron chi connectivity index (χ0n) is 13.6. The summed E-state index contributed by atoms with van der Waals surface area (Å²) in [6, 6.07) is 9.51. The van der Waals surface area contributed by atoms with Gasteiger partial charge in [-0.1, -0.05) is 30.4 Å². The fraction of sp³-hybridized carbons (Fsp3) is 0.263. The lowest BCUT2D eigenvalue weighted by molar-refractivity contribution is -0.385. The molecule has 6 heteroatoms. The van der Waals surface area contributed by atoms with Gasteiger partial charge in [-0.15, -0.1) is 0 Å². The van der Waals surface area contributed by atoms with E-state index in [1.165, 1.54) is 19.2 Å². The van der Waals surface area contributed by atoms with Gasteiger partial charge < -0.3 is 10.1 Å². The predicted octanol–water partition coefficient (Wildman–Crippen LogP) is 4.57. The highest BCUT2D eigenvalue weighted by atomic mass is 19.1. The van der Waals surface area contributed by atoms with E-state index in [2.05, 4.69) is 17.5 Å². The van der Waals surface area contributed by atoms with Gasteiger partial charge in [0.25, 0.3) is 5.69 Å². The van der Waals surface area contributed by atoms with Crippen molar-refractivity contribution in [1.82, 2.24) is 0 Å². The molecule has 1 aliphatic carbocycles. The molecule has 2 aromatic rings. The second-order valence-electron chi connectivity index (χ2n) is 6.37. The van der Waals surface area contributed by atoms with Gasteiger partial charge in [0.15, 0.2) is 0 Å². The first kappa shape index (κ1) is 15.6. The molecule has 5 nitrogen and oxygen atoms in total. The van der Waals surface area contributed by atoms with Crippen LogP contribution < -0.4 is 10.1 Å². The zero-order chi connectivity index (χ0) is 17.6. The third-order valence-electron chi connectivity index (χ3n) is 5.09. The minimum Gasteiger partial charge on any atom is -0.494 e. The van der Waals surface area contributed by atoms with Crippen LogP contribution in [0.5, 0.6) is 5.75 Å². The van der Waals surface area contributed by atoms with Crippen LogP contribution in [0.2, 0.25) is 0 Å². The Morgan fingerprint density at radius 2 is 2.08 bits per heavy atom. The van der Waals surface area contributed by atoms with Crippen molar-refractivity contribution in [1.29, 1.82) is 0 Å². The number of anilines is 1. The maximum Gasteiger partial charge on any atom is 0.273 e. The topological polar surface area (TPSA) is 64.4 Å². The molecule has 0 unspecified atom stereocenters. The number of non-ortho nitro benzene ring substituents is 1. The number of hydrogen-bond donors (Lipinski definition) is 1. The van der Waals surface area contributed by atoms with E-state index in [0.717, 1.165) is 12.0 Å². The Labute approximate surface area is 144 Å². The zero-order valence-corrected chi connectivity index (χ0v) is 13.6. The van der Waals surface area contributed by atoms with Gasteiger partial charge in [0.1, 0.15) is 11.6 Å². The largest absolute Gasteiger partial charge is 0.494 e. The molecule has 128 valence electrons. The third kappa shape index (κ3) is 2.45. The molecule has 0 saturated heterocycles. The molecule has 0 radical (unpaired) electrons. The van der Waals surface area contributed by atoms with Gasteiger partial charge >= 0.3 is 0 Å². The fourth-order valence-electron chi connectivity index (χ4n) is 3.95. The van der Waals surface area contributed by atoms with Crippen molar-refractivity contribution in [3.8, 4) is 5.75 Å². The Hall–Kier alpha value is -2.89. The molecule has 0 spiro atoms. The number of allylic oxidation sites excluding steroid dienone is 2. The molecular weight excluding hydrogens is 323 g/mol. The number of nitrogens with zero attached hydrogens (tertiary/aromatic N) is 1. The molecule has 2 aromatic carbocycles. The number of hydrogen-bond acceptors (Lipinski definition) is 4. The highest BCUT2D eigenvalue weighted by Crippen LogP contribution is 2.53. The molecule has 4 rings (SSSR count). The van der Waals surface area contributed by atoms with Gasteiger partial charge in [0.05, 0.1) is 29.8 Å². The van der Waals surface area contributed by atoms with Crippen molar-refractivity contribution in [3.05, 3.63) is 75.6 Å². The first-order chi connectivity index (χ1) is 12.1. The number of ether oxygens (including phenoxy) is 1. The number of halogens is 1. The summed E-state index contributed by atoms with van der Waals surface area (Å²) in [6.07, 6.45) is 4.91. The predicted molar refractivity (Wildman–Crippen MR) is 92.4 cm³/mol. The highest BCUT2D eigenvalue weighted by molar-refractivity contribution is 5.71. The van der Waals surface area contributed by atoms with Crippen molar-refractivity contribution >= 4 is 11.4 Å². The van der Waals surface area contributed by atoms with E-state index in [-0.39, 0.29) is 29.4 Å². The Balaban J connectivity index is 1.87. The quantitative estimate of drug-likeness (QED) is 0.505. The van der Waals surface area contributed by atoms with E-state index in [1.807, 2.05) is 6.07 Å². The molecule has 1 N–H and O–H groups in total. The van der Waals surface area contributed by atoms with Crippen LogP contribution >= 0.6 is 0 Å². The number of nitro groups is 1. The van der Waals surface area contributed by atoms with Crippen LogP contribution in [0.3, 0.4) is 0 Å². The van der Waals surface area contributed by atoms with Gasteiger partial charge in [-0.25, -0.2) is 4.39 Å². The van der Waals surface area contributed by atoms with Gasteiger partial charge in [-0.2, -0.15) is 0 Å². The summed E-state index contributed by atoms with van der Waals surface area (Å²) in [5.41, 5.74) is 2.14. The smallest absolute Gasteiger partial charge is 0.273 e. The summed E-state index contributed by atoms with van der Waals surface area (Å²) >= 11 is 0. The number of fused-ring (bicyclic) bond motifs is 3. The van der Waals surface area contributed by atoms with Crippen molar-refractivity contribution in [2.75, 3.05) is 12.4 Å². The average Bonchev–Trinajstić information content (AvgIpc) is 3.10. The fourth-order valence-corrected chi connectivity index (χ4v) is 3.95. The lowest BCUT2D eigenvalue weighted by atomic mass is 9.76. The van der Waals surface area contributed by atoms with Crippen molar-refractivity contribution in [2.45, 2.75) is 18.4 Å². The Bertz CT molecular complexity index is 881. The van der Waals surface area contributed by atoms with Crippen LogP contribution in [0.25, 0.3) is 0 Å². The number of methoxy groups -OCH3 is 1. The molecule has 3 atom stereocenters. The molecule has 0 aromatic heterocycles. The molecule has 0 amide bonds. The Morgan fingerprint density at radius 3 is 2.80 bits per heavy atom. The summed E-state index contributed by atoms with van der Waals surface area (Å²) in [7, 11) is 1.48. The second kappa shape index (κ2) is 5.88. The Morgan fingerprint density at radius 1 is 1.28 bits per heavy atom. The van der Waals surface area contributed by atoms with E-state index < -0.39 is 4.92 Å². The molecule has 0 bridgehead atoms. The molecule has 0 fully saturated rings. The van der Waals surface area contributed by atoms with E-state index in [9.17, 15) is 14.5 Å². The third-order valence-corrected chi connectivity index (χ3v) is 5.09. The lowest BCUT2D eigenvalue weighted by Crippen LogP contribution is -2.30. The summed E-state index contributed by atoms with van der Waals surface area (Å²) in [5.74, 6) is 0.255. The monoisotopic (exact) mass is 340 g/mol. The maximum absolute atomic E-state index is 14.4. The maximum atomic E-state index is 14.4. The van der Waals surface area contributed by atoms with Gasteiger partial charge in [0, 0.05) is 17.5 Å². The molecule has 0 saturated carbocycles. The van der Waals surface area contributed by atoms with Crippen molar-refractivity contribution in [2.24, 2.45) is 5.92 Å². The van der Waals surface area contributed by atoms with Crippen LogP contribution in [0.4, 0.5) is 15.8 Å². The summed E-state index contributed by atoms with van der Waals surface area (Å²) in [4.78, 5) is 10.8. The minimum atomic E-state index is -0.417. The van der Waals surface area contributed by atoms with Gasteiger partial charge in [-0.05, 0) is 24.0 Å². The van der Waals surface area contributed by atoms with Crippen molar-refractivity contribution in [3.63, 3.8) is 0 Å². The van der Waals surface area contributed by atoms with Gasteiger partial charge in [-0.3, -0.25) is 10.1 Å². The average molecular weight is 340 g/mol. The lowest BCUT2D eigenvalue weighted by Gasteiger charge is -2.38. The molecule has 1 aliphatic heterocycles. The van der Waals surface area contributed by atoms with Gasteiger partial charge in [0.2, 0.25) is 0 Å². The molecule has 1 heterocycles. The van der Waals surface area contributed by atoms with Crippen LogP contribution in [0.15, 0.2) is 48.6 Å². The highest BCUT2D eigenvalue weighted by Gasteiger charge is 2.40. The van der Waals surface area contributed by atoms with Crippen molar-refractivity contribution < 1.29 is 14.1 Å². The van der Waals surface area contributed by atoms with E-state index in [1.54, 1.807) is 18.2 Å². The second-order valence-corrected chi connectivity index (χ2v) is 6.37. The standard InChI is InChI=1S/C19H17FN2O3/c1-25-17-10-11(22(23)24)9-15-12-6-4-7-13(12)18(21-19(15)17)14-5-2-3-8-16(14)20/h2-6,8-10,12-13,18,21H,7H2,1H3/t12-,13+,18+/m0/s1. The normalized spacial score (nSPS) is 23.5. The molecular formula is C19H17FN2O3. The number of nitro benzene ring substituents is 1. The van der Waals surface area contributed by atoms with E-state index in [0.29, 0.717) is 17.0 Å². The van der Waals surface area contributed by atoms with Crippen LogP contribution in [0.1, 0.15) is 29.5 Å². The molecule has 2 aliphatic rings. The Kier molecular flexibility index (Phi) is 3.67. The first-order valence-electron chi connectivity index (χ1n) is 8.14. The summed E-state index contributed by atoms with van der Waals surface area (Å²) < 4.78 is 19.8. The summed E-state index contributed by atoms with van der Waals surface area (Å²) in [5, 5.41) is 14.6. The number of rotatable bonds is 3. The van der Waals surface area contributed by atoms with E-state index in [4.69, 9.17) is 4.74 Å². The SMILES string of the molecule is COc1cc([N+](=O)[O-])cc2c1N[C@@H](c1ccccc1F)[C@@H]1CC=C[C@H]21. The van der Waals surface area contributed by atoms with Crippen LogP contribution in [-0.2, 0) is 0 Å². The van der Waals surface area contributed by atoms with Crippen LogP contribution in [0, 0.1) is 21.8 Å². The van der Waals surface area contributed by atoms with Crippen LogP contribution in [-0.4, -0.2) is 12.0 Å². The summed E-state index contributed by atoms with van der Waals surface area (Å²) in [6.45, 7) is 0. The first-order valence-corrected chi connectivity index (χ1v) is 8.14. The minimum absolute atomic E-state index is 0.000733. The number of nitrogens with one attached hydrogen (secondary N) is 1. The molecule has 25 heavy (non-hydrogen) atoms. The number of benzene rings is 2. The van der Waals surface area contributed by atoms with E-state index >= 15 is 0 Å².